The molecule has 0 spiro atoms. The molecule has 0 aliphatic carbocycles. The largest absolute Gasteiger partial charge is 0.332 e. The molecule has 2 amide bonds. The lowest BCUT2D eigenvalue weighted by atomic mass is 10.2. The van der Waals surface area contributed by atoms with Gasteiger partial charge in [-0.05, 0) is 42.5 Å². The number of rotatable bonds is 6. The zero-order valence-corrected chi connectivity index (χ0v) is 15.0. The van der Waals surface area contributed by atoms with Crippen LogP contribution in [0.2, 0.25) is 0 Å². The molecule has 2 rings (SSSR count). The van der Waals surface area contributed by atoms with Crippen molar-refractivity contribution in [3.8, 4) is 0 Å². The maximum atomic E-state index is 13.1. The number of hydrogen-bond donors (Lipinski definition) is 2. The Morgan fingerprint density at radius 1 is 1.08 bits per heavy atom. The highest BCUT2D eigenvalue weighted by atomic mass is 32.2. The normalized spacial score (nSPS) is 10.9. The third-order valence-electron chi connectivity index (χ3n) is 3.27. The van der Waals surface area contributed by atoms with Gasteiger partial charge in [-0.15, -0.1) is 0 Å². The molecule has 2 aromatic rings. The first-order valence-electron chi connectivity index (χ1n) is 7.53. The van der Waals surface area contributed by atoms with Gasteiger partial charge < -0.3 is 10.2 Å². The van der Waals surface area contributed by atoms with E-state index in [0.717, 1.165) is 6.26 Å². The van der Waals surface area contributed by atoms with Crippen LogP contribution in [0.3, 0.4) is 0 Å². The van der Waals surface area contributed by atoms with E-state index in [-0.39, 0.29) is 6.54 Å². The van der Waals surface area contributed by atoms with Gasteiger partial charge in [0.15, 0.2) is 0 Å². The number of benzene rings is 2. The summed E-state index contributed by atoms with van der Waals surface area (Å²) >= 11 is 0. The topological polar surface area (TPSA) is 95.6 Å². The number of amides is 2. The summed E-state index contributed by atoms with van der Waals surface area (Å²) in [6.45, 7) is -0.224. The van der Waals surface area contributed by atoms with Gasteiger partial charge in [0.1, 0.15) is 5.82 Å². The van der Waals surface area contributed by atoms with Crippen molar-refractivity contribution in [2.45, 2.75) is 0 Å². The van der Waals surface area contributed by atoms with Gasteiger partial charge in [-0.25, -0.2) is 12.8 Å². The predicted octanol–water partition coefficient (Wildman–Crippen LogP) is 1.91. The fraction of sp³-hybridized carbons (Fsp3) is 0.176. The summed E-state index contributed by atoms with van der Waals surface area (Å²) in [6, 6.07) is 11.3. The van der Waals surface area contributed by atoms with E-state index < -0.39 is 27.7 Å². The molecule has 0 radical (unpaired) electrons. The number of nitrogens with zero attached hydrogens (tertiary/aromatic N) is 1. The quantitative estimate of drug-likeness (QED) is 0.801. The summed E-state index contributed by atoms with van der Waals surface area (Å²) in [5.41, 5.74) is 0.924. The van der Waals surface area contributed by atoms with Gasteiger partial charge >= 0.3 is 0 Å². The molecule has 0 heterocycles. The summed E-state index contributed by atoms with van der Waals surface area (Å²) in [4.78, 5) is 25.5. The molecule has 0 aliphatic heterocycles. The van der Waals surface area contributed by atoms with Crippen molar-refractivity contribution in [3.05, 3.63) is 59.9 Å². The molecule has 7 nitrogen and oxygen atoms in total. The highest BCUT2D eigenvalue weighted by Gasteiger charge is 2.15. The number of carbonyl (C=O) groups is 2. The standard InChI is InChI=1S/C17H18FN3O4S/c1-21(11-16(22)19-15-5-3-4-13(18)10-15)17(23)12-6-8-14(9-7-12)20-26(2,24)25/h3-10,20H,11H2,1-2H3,(H,19,22). The van der Waals surface area contributed by atoms with Crippen molar-refractivity contribution in [1.29, 1.82) is 0 Å². The van der Waals surface area contributed by atoms with Gasteiger partial charge in [-0.3, -0.25) is 14.3 Å². The molecule has 0 fully saturated rings. The number of anilines is 2. The zero-order chi connectivity index (χ0) is 19.3. The number of carbonyl (C=O) groups excluding carboxylic acids is 2. The van der Waals surface area contributed by atoms with Crippen molar-refractivity contribution >= 4 is 33.2 Å². The molecule has 0 aliphatic rings. The smallest absolute Gasteiger partial charge is 0.254 e. The minimum Gasteiger partial charge on any atom is -0.332 e. The van der Waals surface area contributed by atoms with Crippen molar-refractivity contribution in [1.82, 2.24) is 4.90 Å². The second-order valence-corrected chi connectivity index (χ2v) is 7.42. The third-order valence-corrected chi connectivity index (χ3v) is 3.88. The van der Waals surface area contributed by atoms with E-state index in [2.05, 4.69) is 10.0 Å². The molecule has 2 aromatic carbocycles. The van der Waals surface area contributed by atoms with Crippen LogP contribution in [0.25, 0.3) is 0 Å². The molecule has 0 aromatic heterocycles. The Morgan fingerprint density at radius 3 is 2.31 bits per heavy atom. The van der Waals surface area contributed by atoms with E-state index in [0.29, 0.717) is 16.9 Å². The fourth-order valence-corrected chi connectivity index (χ4v) is 2.73. The summed E-state index contributed by atoms with van der Waals surface area (Å²) < 4.78 is 37.7. The van der Waals surface area contributed by atoms with Crippen LogP contribution in [0.1, 0.15) is 10.4 Å². The van der Waals surface area contributed by atoms with Crippen LogP contribution in [0.4, 0.5) is 15.8 Å². The molecule has 0 unspecified atom stereocenters. The van der Waals surface area contributed by atoms with Gasteiger partial charge in [0.05, 0.1) is 12.8 Å². The number of halogens is 1. The predicted molar refractivity (Wildman–Crippen MR) is 96.9 cm³/mol. The molecule has 0 atom stereocenters. The average molecular weight is 379 g/mol. The van der Waals surface area contributed by atoms with Gasteiger partial charge in [-0.1, -0.05) is 6.07 Å². The Kier molecular flexibility index (Phi) is 5.93. The summed E-state index contributed by atoms with van der Waals surface area (Å²) in [6.07, 6.45) is 1.02. The van der Waals surface area contributed by atoms with Crippen LogP contribution in [0, 0.1) is 5.82 Å². The van der Waals surface area contributed by atoms with Crippen LogP contribution in [0.15, 0.2) is 48.5 Å². The van der Waals surface area contributed by atoms with Crippen molar-refractivity contribution in [2.75, 3.05) is 29.9 Å². The van der Waals surface area contributed by atoms with E-state index >= 15 is 0 Å². The molecule has 9 heteroatoms. The van der Waals surface area contributed by atoms with Gasteiger partial charge in [0.2, 0.25) is 15.9 Å². The van der Waals surface area contributed by atoms with Crippen molar-refractivity contribution < 1.29 is 22.4 Å². The molecular weight excluding hydrogens is 361 g/mol. The molecule has 138 valence electrons. The molecular formula is C17H18FN3O4S. The maximum Gasteiger partial charge on any atom is 0.254 e. The van der Waals surface area contributed by atoms with Crippen LogP contribution < -0.4 is 10.0 Å². The number of sulfonamides is 1. The van der Waals surface area contributed by atoms with Crippen LogP contribution in [-0.4, -0.2) is 45.0 Å². The van der Waals surface area contributed by atoms with Crippen molar-refractivity contribution in [2.24, 2.45) is 0 Å². The maximum absolute atomic E-state index is 13.1. The van der Waals surface area contributed by atoms with Crippen LogP contribution >= 0.6 is 0 Å². The second-order valence-electron chi connectivity index (χ2n) is 5.67. The fourth-order valence-electron chi connectivity index (χ4n) is 2.17. The molecule has 0 bridgehead atoms. The average Bonchev–Trinajstić information content (AvgIpc) is 2.53. The number of hydrogen-bond acceptors (Lipinski definition) is 4. The lowest BCUT2D eigenvalue weighted by Gasteiger charge is -2.17. The summed E-state index contributed by atoms with van der Waals surface area (Å²) in [5, 5.41) is 2.51. The van der Waals surface area contributed by atoms with E-state index in [9.17, 15) is 22.4 Å². The van der Waals surface area contributed by atoms with Crippen LogP contribution in [-0.2, 0) is 14.8 Å². The van der Waals surface area contributed by atoms with E-state index in [1.54, 1.807) is 0 Å². The van der Waals surface area contributed by atoms with E-state index in [1.807, 2.05) is 0 Å². The Bertz CT molecular complexity index is 914. The SMILES string of the molecule is CN(CC(=O)Nc1cccc(F)c1)C(=O)c1ccc(NS(C)(=O)=O)cc1. The third kappa shape index (κ3) is 5.85. The van der Waals surface area contributed by atoms with E-state index in [1.165, 1.54) is 60.5 Å². The minimum atomic E-state index is -3.40. The number of likely N-dealkylation sites (N-methyl/N-ethyl adjacent to an activating group) is 1. The first-order valence-corrected chi connectivity index (χ1v) is 9.42. The van der Waals surface area contributed by atoms with E-state index in [4.69, 9.17) is 0 Å². The Labute approximate surface area is 150 Å². The van der Waals surface area contributed by atoms with Crippen LogP contribution in [0.5, 0.6) is 0 Å². The first kappa shape index (κ1) is 19.4. The zero-order valence-electron chi connectivity index (χ0n) is 14.2. The Hall–Kier alpha value is -2.94. The second kappa shape index (κ2) is 7.96. The highest BCUT2D eigenvalue weighted by molar-refractivity contribution is 7.92. The highest BCUT2D eigenvalue weighted by Crippen LogP contribution is 2.13. The van der Waals surface area contributed by atoms with Gasteiger partial charge in [-0.2, -0.15) is 0 Å². The van der Waals surface area contributed by atoms with Crippen molar-refractivity contribution in [3.63, 3.8) is 0 Å². The Morgan fingerprint density at radius 2 is 1.73 bits per heavy atom. The minimum absolute atomic E-state index is 0.224. The number of nitrogens with one attached hydrogen (secondary N) is 2. The lowest BCUT2D eigenvalue weighted by Crippen LogP contribution is -2.34. The summed E-state index contributed by atoms with van der Waals surface area (Å²) in [5.74, 6) is -1.36. The molecule has 0 saturated carbocycles. The van der Waals surface area contributed by atoms with Gasteiger partial charge in [0.25, 0.3) is 5.91 Å². The molecule has 0 saturated heterocycles. The first-order chi connectivity index (χ1) is 12.1. The molecule has 2 N–H and O–H groups in total. The Balaban J connectivity index is 1.97. The monoisotopic (exact) mass is 379 g/mol. The molecule has 26 heavy (non-hydrogen) atoms. The van der Waals surface area contributed by atoms with Gasteiger partial charge in [0, 0.05) is 24.0 Å². The lowest BCUT2D eigenvalue weighted by molar-refractivity contribution is -0.116. The summed E-state index contributed by atoms with van der Waals surface area (Å²) in [7, 11) is -1.95.